The first kappa shape index (κ1) is 15.9. The Kier molecular flexibility index (Phi) is 6.09. The third kappa shape index (κ3) is 7.34. The molecule has 108 valence electrons. The second kappa shape index (κ2) is 6.88. The lowest BCUT2D eigenvalue weighted by Gasteiger charge is -2.29. The summed E-state index contributed by atoms with van der Waals surface area (Å²) < 4.78 is 16.6. The van der Waals surface area contributed by atoms with Crippen LogP contribution in [0.1, 0.15) is 47.5 Å². The standard InChI is InChI=1S/C15H30O3/c1-14(2,3)18-9-7-15(4,5)6-8-16-10-13-11-17-12-13/h13H,6-12H2,1-5H3. The van der Waals surface area contributed by atoms with Crippen LogP contribution in [0.3, 0.4) is 0 Å². The minimum atomic E-state index is -0.0309. The maximum atomic E-state index is 5.78. The fraction of sp³-hybridized carbons (Fsp3) is 1.00. The minimum absolute atomic E-state index is 0.0309. The van der Waals surface area contributed by atoms with E-state index in [1.807, 2.05) is 0 Å². The zero-order chi connectivity index (χ0) is 13.6. The summed E-state index contributed by atoms with van der Waals surface area (Å²) in [5.74, 6) is 0.636. The lowest BCUT2D eigenvalue weighted by atomic mass is 9.86. The van der Waals surface area contributed by atoms with Crippen molar-refractivity contribution in [3.63, 3.8) is 0 Å². The predicted molar refractivity (Wildman–Crippen MR) is 73.8 cm³/mol. The Hall–Kier alpha value is -0.120. The van der Waals surface area contributed by atoms with Gasteiger partial charge in [-0.1, -0.05) is 13.8 Å². The molecule has 1 aliphatic heterocycles. The van der Waals surface area contributed by atoms with Crippen LogP contribution in [0.2, 0.25) is 0 Å². The van der Waals surface area contributed by atoms with Crippen LogP contribution < -0.4 is 0 Å². The zero-order valence-corrected chi connectivity index (χ0v) is 12.8. The van der Waals surface area contributed by atoms with Gasteiger partial charge in [-0.15, -0.1) is 0 Å². The molecule has 0 radical (unpaired) electrons. The quantitative estimate of drug-likeness (QED) is 0.625. The number of rotatable bonds is 8. The van der Waals surface area contributed by atoms with Gasteiger partial charge >= 0.3 is 0 Å². The Balaban J connectivity index is 2.02. The van der Waals surface area contributed by atoms with Crippen LogP contribution in [0.4, 0.5) is 0 Å². The second-order valence-corrected chi connectivity index (χ2v) is 7.10. The van der Waals surface area contributed by atoms with Crippen molar-refractivity contribution in [1.29, 1.82) is 0 Å². The van der Waals surface area contributed by atoms with Gasteiger partial charge in [-0.05, 0) is 39.0 Å². The van der Waals surface area contributed by atoms with Gasteiger partial charge in [0.1, 0.15) is 0 Å². The van der Waals surface area contributed by atoms with Gasteiger partial charge in [0.05, 0.1) is 25.4 Å². The molecule has 1 fully saturated rings. The topological polar surface area (TPSA) is 27.7 Å². The summed E-state index contributed by atoms with van der Waals surface area (Å²) in [6, 6.07) is 0. The number of hydrogen-bond donors (Lipinski definition) is 0. The highest BCUT2D eigenvalue weighted by Gasteiger charge is 2.21. The molecule has 1 saturated heterocycles. The van der Waals surface area contributed by atoms with Gasteiger partial charge in [-0.25, -0.2) is 0 Å². The van der Waals surface area contributed by atoms with E-state index in [0.29, 0.717) is 11.3 Å². The highest BCUT2D eigenvalue weighted by Crippen LogP contribution is 2.26. The van der Waals surface area contributed by atoms with Crippen LogP contribution >= 0.6 is 0 Å². The molecule has 0 bridgehead atoms. The first-order valence-electron chi connectivity index (χ1n) is 7.08. The van der Waals surface area contributed by atoms with Crippen molar-refractivity contribution >= 4 is 0 Å². The lowest BCUT2D eigenvalue weighted by Crippen LogP contribution is -2.32. The highest BCUT2D eigenvalue weighted by atomic mass is 16.5. The number of ether oxygens (including phenoxy) is 3. The van der Waals surface area contributed by atoms with Gasteiger partial charge in [0.25, 0.3) is 0 Å². The summed E-state index contributed by atoms with van der Waals surface area (Å²) in [7, 11) is 0. The maximum Gasteiger partial charge on any atom is 0.0598 e. The normalized spacial score (nSPS) is 17.8. The molecule has 18 heavy (non-hydrogen) atoms. The predicted octanol–water partition coefficient (Wildman–Crippen LogP) is 3.27. The third-order valence-electron chi connectivity index (χ3n) is 3.30. The molecule has 3 heteroatoms. The lowest BCUT2D eigenvalue weighted by molar-refractivity contribution is -0.0748. The van der Waals surface area contributed by atoms with Crippen LogP contribution in [0.5, 0.6) is 0 Å². The van der Waals surface area contributed by atoms with Crippen molar-refractivity contribution in [2.45, 2.75) is 53.1 Å². The smallest absolute Gasteiger partial charge is 0.0598 e. The number of hydrogen-bond acceptors (Lipinski definition) is 3. The molecule has 0 atom stereocenters. The monoisotopic (exact) mass is 258 g/mol. The van der Waals surface area contributed by atoms with Gasteiger partial charge in [-0.3, -0.25) is 0 Å². The SMILES string of the molecule is CC(C)(CCOCC1COC1)CCOC(C)(C)C. The molecule has 0 amide bonds. The molecule has 0 N–H and O–H groups in total. The van der Waals surface area contributed by atoms with Crippen molar-refractivity contribution in [2.75, 3.05) is 33.0 Å². The summed E-state index contributed by atoms with van der Waals surface area (Å²) in [6.07, 6.45) is 2.17. The Morgan fingerprint density at radius 3 is 2.11 bits per heavy atom. The van der Waals surface area contributed by atoms with Crippen LogP contribution in [-0.4, -0.2) is 38.6 Å². The maximum absolute atomic E-state index is 5.78. The van der Waals surface area contributed by atoms with Crippen molar-refractivity contribution in [3.05, 3.63) is 0 Å². The van der Waals surface area contributed by atoms with E-state index >= 15 is 0 Å². The second-order valence-electron chi connectivity index (χ2n) is 7.10. The van der Waals surface area contributed by atoms with Crippen LogP contribution in [0, 0.1) is 11.3 Å². The van der Waals surface area contributed by atoms with Gasteiger partial charge in [0.2, 0.25) is 0 Å². The molecule has 0 saturated carbocycles. The molecule has 0 unspecified atom stereocenters. The average molecular weight is 258 g/mol. The van der Waals surface area contributed by atoms with Crippen molar-refractivity contribution < 1.29 is 14.2 Å². The fourth-order valence-corrected chi connectivity index (χ4v) is 1.74. The van der Waals surface area contributed by atoms with E-state index in [2.05, 4.69) is 34.6 Å². The van der Waals surface area contributed by atoms with Gasteiger partial charge < -0.3 is 14.2 Å². The van der Waals surface area contributed by atoms with E-state index in [4.69, 9.17) is 14.2 Å². The molecule has 1 heterocycles. The van der Waals surface area contributed by atoms with Gasteiger partial charge in [0.15, 0.2) is 0 Å². The Bertz CT molecular complexity index is 226. The van der Waals surface area contributed by atoms with Crippen molar-refractivity contribution in [2.24, 2.45) is 11.3 Å². The molecule has 0 aromatic rings. The van der Waals surface area contributed by atoms with E-state index < -0.39 is 0 Å². The zero-order valence-electron chi connectivity index (χ0n) is 12.8. The minimum Gasteiger partial charge on any atom is -0.381 e. The van der Waals surface area contributed by atoms with Gasteiger partial charge in [-0.2, -0.15) is 0 Å². The molecule has 0 aliphatic carbocycles. The van der Waals surface area contributed by atoms with Gasteiger partial charge in [0, 0.05) is 19.1 Å². The van der Waals surface area contributed by atoms with E-state index in [9.17, 15) is 0 Å². The summed E-state index contributed by atoms with van der Waals surface area (Å²) in [4.78, 5) is 0. The molecular formula is C15H30O3. The van der Waals surface area contributed by atoms with E-state index in [1.165, 1.54) is 0 Å². The molecule has 0 aromatic heterocycles. The van der Waals surface area contributed by atoms with E-state index in [-0.39, 0.29) is 5.60 Å². The first-order valence-corrected chi connectivity index (χ1v) is 7.08. The molecule has 3 nitrogen and oxygen atoms in total. The first-order chi connectivity index (χ1) is 8.29. The highest BCUT2D eigenvalue weighted by molar-refractivity contribution is 4.70. The van der Waals surface area contributed by atoms with Crippen LogP contribution in [0.15, 0.2) is 0 Å². The summed E-state index contributed by atoms with van der Waals surface area (Å²) >= 11 is 0. The fourth-order valence-electron chi connectivity index (χ4n) is 1.74. The largest absolute Gasteiger partial charge is 0.381 e. The molecule has 1 aliphatic rings. The molecular weight excluding hydrogens is 228 g/mol. The Labute approximate surface area is 112 Å². The Morgan fingerprint density at radius 1 is 1.00 bits per heavy atom. The van der Waals surface area contributed by atoms with Crippen LogP contribution in [-0.2, 0) is 14.2 Å². The Morgan fingerprint density at radius 2 is 1.61 bits per heavy atom. The molecule has 1 rings (SSSR count). The van der Waals surface area contributed by atoms with E-state index in [0.717, 1.165) is 45.9 Å². The molecule has 0 aromatic carbocycles. The summed E-state index contributed by atoms with van der Waals surface area (Å²) in [6.45, 7) is 15.2. The third-order valence-corrected chi connectivity index (χ3v) is 3.30. The van der Waals surface area contributed by atoms with Crippen molar-refractivity contribution in [1.82, 2.24) is 0 Å². The van der Waals surface area contributed by atoms with Crippen molar-refractivity contribution in [3.8, 4) is 0 Å². The summed E-state index contributed by atoms with van der Waals surface area (Å²) in [5, 5.41) is 0. The average Bonchev–Trinajstić information content (AvgIpc) is 2.11. The van der Waals surface area contributed by atoms with Crippen LogP contribution in [0.25, 0.3) is 0 Å². The molecule has 0 spiro atoms. The van der Waals surface area contributed by atoms with E-state index in [1.54, 1.807) is 0 Å². The summed E-state index contributed by atoms with van der Waals surface area (Å²) in [5.41, 5.74) is 0.262.